The largest absolute Gasteiger partial charge is 0.419 e. The highest BCUT2D eigenvalue weighted by atomic mass is 19.4. The van der Waals surface area contributed by atoms with Crippen molar-refractivity contribution in [1.29, 1.82) is 0 Å². The molecule has 1 unspecified atom stereocenters. The summed E-state index contributed by atoms with van der Waals surface area (Å²) in [6.07, 6.45) is -0.909. The maximum absolute atomic E-state index is 12.8. The fourth-order valence-electron chi connectivity index (χ4n) is 2.25. The van der Waals surface area contributed by atoms with Crippen LogP contribution in [0.3, 0.4) is 0 Å². The molecule has 0 amide bonds. The molecule has 1 aromatic heterocycles. The summed E-state index contributed by atoms with van der Waals surface area (Å²) >= 11 is 0. The molecule has 0 aromatic carbocycles. The molecular formula is C12H15F3N2. The number of aromatic nitrogens is 1. The molecule has 94 valence electrons. The molecule has 2 nitrogen and oxygen atoms in total. The normalized spacial score (nSPS) is 21.6. The number of anilines is 1. The number of nitrogens with zero attached hydrogens (tertiary/aromatic N) is 2. The van der Waals surface area contributed by atoms with Gasteiger partial charge in [-0.25, -0.2) is 4.98 Å². The zero-order valence-electron chi connectivity index (χ0n) is 9.67. The molecular weight excluding hydrogens is 229 g/mol. The van der Waals surface area contributed by atoms with Gasteiger partial charge in [0.15, 0.2) is 0 Å². The van der Waals surface area contributed by atoms with E-state index in [1.54, 1.807) is 4.90 Å². The third-order valence-electron chi connectivity index (χ3n) is 3.05. The van der Waals surface area contributed by atoms with Crippen molar-refractivity contribution in [1.82, 2.24) is 4.98 Å². The molecule has 1 aliphatic heterocycles. The van der Waals surface area contributed by atoms with Crippen LogP contribution < -0.4 is 4.90 Å². The Balaban J connectivity index is 2.31. The molecule has 0 aliphatic carbocycles. The van der Waals surface area contributed by atoms with Gasteiger partial charge in [0.25, 0.3) is 0 Å². The highest BCUT2D eigenvalue weighted by molar-refractivity contribution is 5.48. The summed E-state index contributed by atoms with van der Waals surface area (Å²) in [5.41, 5.74) is -0.630. The highest BCUT2D eigenvalue weighted by Gasteiger charge is 2.36. The van der Waals surface area contributed by atoms with E-state index < -0.39 is 11.7 Å². The summed E-state index contributed by atoms with van der Waals surface area (Å²) in [5, 5.41) is 0. The lowest BCUT2D eigenvalue weighted by atomic mass is 10.00. The number of hydrogen-bond donors (Lipinski definition) is 0. The second kappa shape index (κ2) is 4.55. The Labute approximate surface area is 98.5 Å². The molecule has 2 rings (SSSR count). The van der Waals surface area contributed by atoms with E-state index in [2.05, 4.69) is 11.9 Å². The third-order valence-corrected chi connectivity index (χ3v) is 3.05. The lowest BCUT2D eigenvalue weighted by Crippen LogP contribution is -2.36. The van der Waals surface area contributed by atoms with Gasteiger partial charge in [-0.2, -0.15) is 13.2 Å². The number of hydrogen-bond acceptors (Lipinski definition) is 2. The Bertz CT molecular complexity index is 390. The first-order chi connectivity index (χ1) is 7.98. The van der Waals surface area contributed by atoms with Gasteiger partial charge in [-0.15, -0.1) is 0 Å². The molecule has 1 aromatic rings. The Kier molecular flexibility index (Phi) is 3.26. The summed E-state index contributed by atoms with van der Waals surface area (Å²) in [6.45, 7) is 3.37. The molecule has 1 aliphatic rings. The minimum atomic E-state index is -4.33. The number of pyridine rings is 1. The van der Waals surface area contributed by atoms with Gasteiger partial charge in [0.2, 0.25) is 0 Å². The van der Waals surface area contributed by atoms with Gasteiger partial charge in [0.1, 0.15) is 5.82 Å². The molecule has 0 N–H and O–H groups in total. The molecule has 0 radical (unpaired) electrons. The Morgan fingerprint density at radius 3 is 2.82 bits per heavy atom. The summed E-state index contributed by atoms with van der Waals surface area (Å²) in [4.78, 5) is 5.66. The minimum Gasteiger partial charge on any atom is -0.356 e. The smallest absolute Gasteiger partial charge is 0.356 e. The Morgan fingerprint density at radius 1 is 1.41 bits per heavy atom. The monoisotopic (exact) mass is 244 g/mol. The van der Waals surface area contributed by atoms with Crippen molar-refractivity contribution >= 4 is 5.82 Å². The SMILES string of the molecule is CC1CCCN(c2ncccc2C(F)(F)F)C1. The van der Waals surface area contributed by atoms with Crippen molar-refractivity contribution in [3.63, 3.8) is 0 Å². The van der Waals surface area contributed by atoms with E-state index in [-0.39, 0.29) is 5.82 Å². The summed E-state index contributed by atoms with van der Waals surface area (Å²) < 4.78 is 38.5. The number of alkyl halides is 3. The Hall–Kier alpha value is -1.26. The van der Waals surface area contributed by atoms with Crippen molar-refractivity contribution in [2.45, 2.75) is 25.9 Å². The second-order valence-electron chi connectivity index (χ2n) is 4.57. The van der Waals surface area contributed by atoms with Crippen molar-refractivity contribution in [3.8, 4) is 0 Å². The fourth-order valence-corrected chi connectivity index (χ4v) is 2.25. The molecule has 1 atom stereocenters. The molecule has 0 spiro atoms. The number of rotatable bonds is 1. The maximum Gasteiger partial charge on any atom is 0.419 e. The van der Waals surface area contributed by atoms with Crippen LogP contribution >= 0.6 is 0 Å². The molecule has 0 saturated carbocycles. The van der Waals surface area contributed by atoms with Crippen molar-refractivity contribution < 1.29 is 13.2 Å². The van der Waals surface area contributed by atoms with E-state index in [1.807, 2.05) is 0 Å². The summed E-state index contributed by atoms with van der Waals surface area (Å²) in [5.74, 6) is 0.499. The van der Waals surface area contributed by atoms with Crippen molar-refractivity contribution in [2.24, 2.45) is 5.92 Å². The van der Waals surface area contributed by atoms with Crippen LogP contribution in [-0.4, -0.2) is 18.1 Å². The highest BCUT2D eigenvalue weighted by Crippen LogP contribution is 2.36. The second-order valence-corrected chi connectivity index (χ2v) is 4.57. The number of halogens is 3. The molecule has 2 heterocycles. The van der Waals surface area contributed by atoms with Gasteiger partial charge in [-0.3, -0.25) is 0 Å². The predicted molar refractivity (Wildman–Crippen MR) is 59.9 cm³/mol. The standard InChI is InChI=1S/C12H15F3N2/c1-9-4-3-7-17(8-9)11-10(12(13,14)15)5-2-6-16-11/h2,5-6,9H,3-4,7-8H2,1H3. The van der Waals surface area contributed by atoms with E-state index in [0.717, 1.165) is 18.9 Å². The van der Waals surface area contributed by atoms with Crippen LogP contribution in [-0.2, 0) is 6.18 Å². The first kappa shape index (κ1) is 12.2. The fraction of sp³-hybridized carbons (Fsp3) is 0.583. The first-order valence-corrected chi connectivity index (χ1v) is 5.75. The van der Waals surface area contributed by atoms with Crippen LogP contribution in [0.25, 0.3) is 0 Å². The van der Waals surface area contributed by atoms with Gasteiger partial charge in [-0.05, 0) is 30.9 Å². The molecule has 0 bridgehead atoms. The van der Waals surface area contributed by atoms with Gasteiger partial charge in [0, 0.05) is 19.3 Å². The van der Waals surface area contributed by atoms with Gasteiger partial charge in [-0.1, -0.05) is 6.92 Å². The average molecular weight is 244 g/mol. The zero-order valence-corrected chi connectivity index (χ0v) is 9.67. The molecule has 1 saturated heterocycles. The lowest BCUT2D eigenvalue weighted by Gasteiger charge is -2.33. The lowest BCUT2D eigenvalue weighted by molar-refractivity contribution is -0.137. The topological polar surface area (TPSA) is 16.1 Å². The summed E-state index contributed by atoms with van der Waals surface area (Å²) in [7, 11) is 0. The van der Waals surface area contributed by atoms with Crippen LogP contribution in [0.2, 0.25) is 0 Å². The zero-order chi connectivity index (χ0) is 12.5. The van der Waals surface area contributed by atoms with E-state index in [4.69, 9.17) is 0 Å². The molecule has 17 heavy (non-hydrogen) atoms. The van der Waals surface area contributed by atoms with Crippen molar-refractivity contribution in [2.75, 3.05) is 18.0 Å². The third kappa shape index (κ3) is 2.70. The quantitative estimate of drug-likeness (QED) is 0.753. The molecule has 5 heteroatoms. The van der Waals surface area contributed by atoms with E-state index >= 15 is 0 Å². The van der Waals surface area contributed by atoms with Gasteiger partial charge in [0.05, 0.1) is 5.56 Å². The van der Waals surface area contributed by atoms with E-state index in [1.165, 1.54) is 12.3 Å². The van der Waals surface area contributed by atoms with Crippen LogP contribution in [0.15, 0.2) is 18.3 Å². The van der Waals surface area contributed by atoms with Gasteiger partial charge >= 0.3 is 6.18 Å². The average Bonchev–Trinajstić information content (AvgIpc) is 2.28. The predicted octanol–water partition coefficient (Wildman–Crippen LogP) is 3.34. The van der Waals surface area contributed by atoms with Crippen LogP contribution in [0.5, 0.6) is 0 Å². The first-order valence-electron chi connectivity index (χ1n) is 5.75. The van der Waals surface area contributed by atoms with E-state index in [9.17, 15) is 13.2 Å². The van der Waals surface area contributed by atoms with E-state index in [0.29, 0.717) is 19.0 Å². The summed E-state index contributed by atoms with van der Waals surface area (Å²) in [6, 6.07) is 2.43. The van der Waals surface area contributed by atoms with Crippen LogP contribution in [0, 0.1) is 5.92 Å². The Morgan fingerprint density at radius 2 is 2.18 bits per heavy atom. The minimum absolute atomic E-state index is 0.0755. The number of piperidine rings is 1. The van der Waals surface area contributed by atoms with Crippen LogP contribution in [0.1, 0.15) is 25.3 Å². The molecule has 1 fully saturated rings. The van der Waals surface area contributed by atoms with Crippen LogP contribution in [0.4, 0.5) is 19.0 Å². The maximum atomic E-state index is 12.8. The van der Waals surface area contributed by atoms with Gasteiger partial charge < -0.3 is 4.90 Å². The van der Waals surface area contributed by atoms with Crippen molar-refractivity contribution in [3.05, 3.63) is 23.9 Å².